The molecule has 2 N–H and O–H groups in total. The number of hydrogen-bond acceptors (Lipinski definition) is 7. The van der Waals surface area contributed by atoms with Crippen LogP contribution < -0.4 is 10.6 Å². The lowest BCUT2D eigenvalue weighted by atomic mass is 10.2. The Kier molecular flexibility index (Phi) is 6.79. The number of carbonyl (C=O) groups is 2. The summed E-state index contributed by atoms with van der Waals surface area (Å²) in [5, 5.41) is 13.5. The van der Waals surface area contributed by atoms with Crippen LogP contribution in [0.2, 0.25) is 5.15 Å². The molecule has 0 saturated heterocycles. The van der Waals surface area contributed by atoms with E-state index in [0.29, 0.717) is 22.6 Å². The van der Waals surface area contributed by atoms with Crippen molar-refractivity contribution in [1.82, 2.24) is 25.0 Å². The van der Waals surface area contributed by atoms with Crippen molar-refractivity contribution in [1.29, 1.82) is 0 Å². The molecule has 31 heavy (non-hydrogen) atoms. The molecule has 10 nitrogen and oxygen atoms in total. The van der Waals surface area contributed by atoms with Crippen molar-refractivity contribution in [3.63, 3.8) is 0 Å². The van der Waals surface area contributed by atoms with E-state index in [2.05, 4.69) is 42.8 Å². The molecule has 0 fully saturated rings. The normalized spacial score (nSPS) is 11.1. The summed E-state index contributed by atoms with van der Waals surface area (Å²) in [6, 6.07) is 6.70. The lowest BCUT2D eigenvalue weighted by Crippen LogP contribution is -2.18. The lowest BCUT2D eigenvalue weighted by Gasteiger charge is -2.15. The van der Waals surface area contributed by atoms with Gasteiger partial charge in [0.25, 0.3) is 5.91 Å². The van der Waals surface area contributed by atoms with E-state index in [1.165, 1.54) is 10.9 Å². The number of aromatic nitrogens is 5. The van der Waals surface area contributed by atoms with Gasteiger partial charge < -0.3 is 10.1 Å². The number of aryl methyl sites for hydroxylation is 1. The van der Waals surface area contributed by atoms with Gasteiger partial charge in [-0.2, -0.15) is 0 Å². The van der Waals surface area contributed by atoms with Gasteiger partial charge in [0, 0.05) is 18.8 Å². The van der Waals surface area contributed by atoms with Crippen LogP contribution in [0, 0.1) is 11.8 Å². The maximum absolute atomic E-state index is 12.4. The van der Waals surface area contributed by atoms with E-state index in [1.807, 2.05) is 0 Å². The first-order valence-electron chi connectivity index (χ1n) is 9.07. The zero-order valence-electron chi connectivity index (χ0n) is 16.9. The number of rotatable bonds is 5. The third kappa shape index (κ3) is 5.34. The van der Waals surface area contributed by atoms with Crippen LogP contribution in [-0.2, 0) is 16.6 Å². The van der Waals surface area contributed by atoms with Crippen molar-refractivity contribution < 1.29 is 14.3 Å². The third-order valence-electron chi connectivity index (χ3n) is 4.06. The Bertz CT molecular complexity index is 1170. The first-order valence-corrected chi connectivity index (χ1v) is 9.44. The quantitative estimate of drug-likeness (QED) is 0.462. The fraction of sp³-hybridized carbons (Fsp3) is 0.200. The van der Waals surface area contributed by atoms with Crippen molar-refractivity contribution in [3.05, 3.63) is 47.4 Å². The number of nitrogens with zero attached hydrogens (tertiary/aromatic N) is 5. The second-order valence-corrected chi connectivity index (χ2v) is 6.59. The lowest BCUT2D eigenvalue weighted by molar-refractivity contribution is -0.111. The average Bonchev–Trinajstić information content (AvgIpc) is 3.09. The number of hydrogen-bond donors (Lipinski definition) is 2. The van der Waals surface area contributed by atoms with Gasteiger partial charge in [0.15, 0.2) is 11.5 Å². The molecule has 3 rings (SSSR count). The Labute approximate surface area is 183 Å². The van der Waals surface area contributed by atoms with Gasteiger partial charge in [-0.3, -0.25) is 15.1 Å². The SMILES string of the molecule is CC#CC(=O)Nc1ccc(-c2nnn(C)c2NC(=O)O[C@H](C)c2cccnc2Cl)nc1. The number of halogens is 1. The fourth-order valence-electron chi connectivity index (χ4n) is 2.61. The fourth-order valence-corrected chi connectivity index (χ4v) is 2.88. The molecule has 158 valence electrons. The van der Waals surface area contributed by atoms with E-state index in [0.717, 1.165) is 0 Å². The van der Waals surface area contributed by atoms with Crippen LogP contribution in [0.4, 0.5) is 16.3 Å². The molecule has 3 aromatic heterocycles. The molecule has 0 aliphatic heterocycles. The van der Waals surface area contributed by atoms with E-state index in [1.54, 1.807) is 51.4 Å². The zero-order valence-corrected chi connectivity index (χ0v) is 17.6. The minimum absolute atomic E-state index is 0.256. The summed E-state index contributed by atoms with van der Waals surface area (Å²) in [5.41, 5.74) is 1.82. The first-order chi connectivity index (χ1) is 14.9. The minimum Gasteiger partial charge on any atom is -0.441 e. The predicted octanol–water partition coefficient (Wildman–Crippen LogP) is 3.20. The highest BCUT2D eigenvalue weighted by Gasteiger charge is 2.20. The van der Waals surface area contributed by atoms with Crippen LogP contribution >= 0.6 is 11.6 Å². The van der Waals surface area contributed by atoms with Gasteiger partial charge in [-0.15, -0.1) is 5.10 Å². The number of amides is 2. The number of anilines is 2. The molecule has 0 aliphatic rings. The Balaban J connectivity index is 1.73. The first kappa shape index (κ1) is 21.7. The standard InChI is InChI=1S/C20H18ClN7O3/c1-4-6-16(29)24-13-8-9-15(23-11-13)17-19(28(3)27-26-17)25-20(30)31-12(2)14-7-5-10-22-18(14)21/h5,7-12H,1-3H3,(H,24,29)(H,25,30)/t12-/m1/s1. The van der Waals surface area contributed by atoms with Crippen molar-refractivity contribution in [2.45, 2.75) is 20.0 Å². The van der Waals surface area contributed by atoms with E-state index in [-0.39, 0.29) is 11.0 Å². The minimum atomic E-state index is -0.721. The van der Waals surface area contributed by atoms with E-state index < -0.39 is 18.1 Å². The number of carbonyl (C=O) groups excluding carboxylic acids is 2. The summed E-state index contributed by atoms with van der Waals surface area (Å²) in [6.07, 6.45) is 1.65. The Hall–Kier alpha value is -3.97. The third-order valence-corrected chi connectivity index (χ3v) is 4.38. The predicted molar refractivity (Wildman–Crippen MR) is 114 cm³/mol. The molecule has 1 atom stereocenters. The summed E-state index contributed by atoms with van der Waals surface area (Å²) < 4.78 is 6.78. The highest BCUT2D eigenvalue weighted by molar-refractivity contribution is 6.30. The maximum atomic E-state index is 12.4. The molecule has 0 spiro atoms. The van der Waals surface area contributed by atoms with Gasteiger partial charge in [-0.05, 0) is 38.0 Å². The second-order valence-electron chi connectivity index (χ2n) is 6.23. The van der Waals surface area contributed by atoms with Crippen LogP contribution in [0.1, 0.15) is 25.5 Å². The number of ether oxygens (including phenoxy) is 1. The van der Waals surface area contributed by atoms with Gasteiger partial charge in [0.2, 0.25) is 0 Å². The van der Waals surface area contributed by atoms with Crippen molar-refractivity contribution in [3.8, 4) is 23.2 Å². The number of pyridine rings is 2. The smallest absolute Gasteiger partial charge is 0.413 e. The second kappa shape index (κ2) is 9.69. The van der Waals surface area contributed by atoms with Crippen molar-refractivity contribution in [2.24, 2.45) is 7.05 Å². The van der Waals surface area contributed by atoms with E-state index >= 15 is 0 Å². The summed E-state index contributed by atoms with van der Waals surface area (Å²) in [7, 11) is 1.62. The molecule has 0 aliphatic carbocycles. The molecule has 0 unspecified atom stereocenters. The largest absolute Gasteiger partial charge is 0.441 e. The molecule has 11 heteroatoms. The molecule has 2 amide bonds. The maximum Gasteiger partial charge on any atom is 0.413 e. The zero-order chi connectivity index (χ0) is 22.4. The summed E-state index contributed by atoms with van der Waals surface area (Å²) in [4.78, 5) is 32.2. The van der Waals surface area contributed by atoms with Crippen LogP contribution in [-0.4, -0.2) is 37.0 Å². The molecule has 0 bridgehead atoms. The molecule has 3 aromatic rings. The van der Waals surface area contributed by atoms with E-state index in [9.17, 15) is 9.59 Å². The van der Waals surface area contributed by atoms with Crippen LogP contribution in [0.15, 0.2) is 36.7 Å². The van der Waals surface area contributed by atoms with Gasteiger partial charge in [0.1, 0.15) is 11.3 Å². The molecular weight excluding hydrogens is 422 g/mol. The Morgan fingerprint density at radius 2 is 2.03 bits per heavy atom. The van der Waals surface area contributed by atoms with Gasteiger partial charge in [0.05, 0.1) is 17.6 Å². The highest BCUT2D eigenvalue weighted by atomic mass is 35.5. The topological polar surface area (TPSA) is 124 Å². The summed E-state index contributed by atoms with van der Waals surface area (Å²) in [5.74, 6) is 4.74. The van der Waals surface area contributed by atoms with Crippen molar-refractivity contribution >= 4 is 35.1 Å². The van der Waals surface area contributed by atoms with Crippen LogP contribution in [0.5, 0.6) is 0 Å². The van der Waals surface area contributed by atoms with Crippen molar-refractivity contribution in [2.75, 3.05) is 10.6 Å². The average molecular weight is 440 g/mol. The van der Waals surface area contributed by atoms with Crippen LogP contribution in [0.25, 0.3) is 11.4 Å². The number of nitrogens with one attached hydrogen (secondary N) is 2. The highest BCUT2D eigenvalue weighted by Crippen LogP contribution is 2.26. The van der Waals surface area contributed by atoms with Gasteiger partial charge in [-0.25, -0.2) is 14.5 Å². The van der Waals surface area contributed by atoms with Gasteiger partial charge in [-0.1, -0.05) is 28.8 Å². The monoisotopic (exact) mass is 439 g/mol. The molecular formula is C20H18ClN7O3. The van der Waals surface area contributed by atoms with Gasteiger partial charge >= 0.3 is 6.09 Å². The van der Waals surface area contributed by atoms with Crippen LogP contribution in [0.3, 0.4) is 0 Å². The molecule has 0 radical (unpaired) electrons. The Morgan fingerprint density at radius 3 is 2.71 bits per heavy atom. The summed E-state index contributed by atoms with van der Waals surface area (Å²) >= 11 is 6.05. The molecule has 0 aromatic carbocycles. The molecule has 0 saturated carbocycles. The Morgan fingerprint density at radius 1 is 1.23 bits per heavy atom. The van der Waals surface area contributed by atoms with E-state index in [4.69, 9.17) is 16.3 Å². The summed E-state index contributed by atoms with van der Waals surface area (Å²) in [6.45, 7) is 3.25. The molecule has 3 heterocycles.